The number of aromatic nitrogens is 4. The molecule has 2 aromatic rings. The smallest absolute Gasteiger partial charge is 0.224 e. The van der Waals surface area contributed by atoms with Gasteiger partial charge >= 0.3 is 0 Å². The van der Waals surface area contributed by atoms with Crippen LogP contribution in [-0.4, -0.2) is 32.4 Å². The van der Waals surface area contributed by atoms with E-state index >= 15 is 0 Å². The van der Waals surface area contributed by atoms with Crippen LogP contribution in [0.4, 0.5) is 0 Å². The lowest BCUT2D eigenvalue weighted by Crippen LogP contribution is -2.32. The molecule has 0 aliphatic carbocycles. The third-order valence-corrected chi connectivity index (χ3v) is 3.46. The van der Waals surface area contributed by atoms with E-state index in [0.29, 0.717) is 13.1 Å². The topological polar surface area (TPSA) is 85.8 Å². The number of hydrogen-bond acceptors (Lipinski definition) is 5. The molecule has 0 spiro atoms. The Labute approximate surface area is 123 Å². The van der Waals surface area contributed by atoms with Gasteiger partial charge in [0.05, 0.1) is 18.2 Å². The van der Waals surface area contributed by atoms with E-state index in [1.807, 2.05) is 20.8 Å². The Balaban J connectivity index is 1.69. The van der Waals surface area contributed by atoms with Crippen LogP contribution < -0.4 is 5.32 Å². The summed E-state index contributed by atoms with van der Waals surface area (Å²) < 4.78 is 6.78. The molecular weight excluding hydrogens is 270 g/mol. The van der Waals surface area contributed by atoms with Crippen LogP contribution in [0.2, 0.25) is 0 Å². The Hall–Kier alpha value is -2.18. The summed E-state index contributed by atoms with van der Waals surface area (Å²) in [4.78, 5) is 15.8. The van der Waals surface area contributed by atoms with Crippen molar-refractivity contribution in [1.82, 2.24) is 25.2 Å². The Morgan fingerprint density at radius 1 is 1.48 bits per heavy atom. The summed E-state index contributed by atoms with van der Waals surface area (Å²) in [5.41, 5.74) is 2.07. The quantitative estimate of drug-likeness (QED) is 0.776. The van der Waals surface area contributed by atoms with Crippen LogP contribution in [0.1, 0.15) is 30.4 Å². The number of nitrogens with one attached hydrogen (secondary N) is 1. The minimum absolute atomic E-state index is 0.0317. The lowest BCUT2D eigenvalue weighted by Gasteiger charge is -2.11. The van der Waals surface area contributed by atoms with E-state index in [9.17, 15) is 4.79 Å². The van der Waals surface area contributed by atoms with Crippen molar-refractivity contribution in [3.05, 3.63) is 29.7 Å². The third kappa shape index (κ3) is 4.14. The fraction of sp³-hybridized carbons (Fsp3) is 0.571. The highest BCUT2D eigenvalue weighted by Gasteiger charge is 2.14. The average Bonchev–Trinajstić information content (AvgIpc) is 3.07. The number of amides is 1. The van der Waals surface area contributed by atoms with Gasteiger partial charge in [-0.3, -0.25) is 9.48 Å². The van der Waals surface area contributed by atoms with E-state index in [1.54, 1.807) is 11.0 Å². The second kappa shape index (κ2) is 7.01. The molecule has 1 atom stereocenters. The molecule has 0 saturated carbocycles. The van der Waals surface area contributed by atoms with Crippen molar-refractivity contribution in [3.63, 3.8) is 0 Å². The summed E-state index contributed by atoms with van der Waals surface area (Å²) in [6, 6.07) is 0. The minimum Gasteiger partial charge on any atom is -0.361 e. The summed E-state index contributed by atoms with van der Waals surface area (Å²) >= 11 is 0. The van der Waals surface area contributed by atoms with Crippen molar-refractivity contribution in [1.29, 1.82) is 0 Å². The maximum atomic E-state index is 12.0. The van der Waals surface area contributed by atoms with Crippen LogP contribution in [0.5, 0.6) is 0 Å². The van der Waals surface area contributed by atoms with Crippen molar-refractivity contribution >= 4 is 5.91 Å². The molecule has 7 nitrogen and oxygen atoms in total. The highest BCUT2D eigenvalue weighted by Crippen LogP contribution is 2.13. The molecule has 0 saturated heterocycles. The molecule has 0 aromatic carbocycles. The van der Waals surface area contributed by atoms with Crippen molar-refractivity contribution in [2.45, 2.75) is 40.2 Å². The van der Waals surface area contributed by atoms with Gasteiger partial charge in [-0.15, -0.1) is 0 Å². The second-order valence-corrected chi connectivity index (χ2v) is 5.22. The van der Waals surface area contributed by atoms with E-state index in [0.717, 1.165) is 29.9 Å². The van der Waals surface area contributed by atoms with Crippen LogP contribution in [0.15, 0.2) is 17.2 Å². The molecule has 0 fully saturated rings. The Morgan fingerprint density at radius 3 is 2.90 bits per heavy atom. The summed E-state index contributed by atoms with van der Waals surface area (Å²) in [7, 11) is 0. The third-order valence-electron chi connectivity index (χ3n) is 3.46. The fourth-order valence-electron chi connectivity index (χ4n) is 2.20. The number of nitrogens with zero attached hydrogens (tertiary/aromatic N) is 4. The zero-order valence-electron chi connectivity index (χ0n) is 12.7. The van der Waals surface area contributed by atoms with Crippen LogP contribution in [0, 0.1) is 19.8 Å². The molecule has 21 heavy (non-hydrogen) atoms. The first kappa shape index (κ1) is 15.2. The van der Waals surface area contributed by atoms with Gasteiger partial charge in [-0.25, -0.2) is 4.98 Å². The van der Waals surface area contributed by atoms with E-state index in [-0.39, 0.29) is 11.8 Å². The number of carbonyl (C=O) groups excluding carboxylic acids is 1. The van der Waals surface area contributed by atoms with Crippen molar-refractivity contribution in [2.75, 3.05) is 6.54 Å². The number of aryl methyl sites for hydroxylation is 2. The first-order valence-corrected chi connectivity index (χ1v) is 7.09. The van der Waals surface area contributed by atoms with Crippen molar-refractivity contribution < 1.29 is 9.32 Å². The van der Waals surface area contributed by atoms with Crippen LogP contribution in [0.3, 0.4) is 0 Å². The van der Waals surface area contributed by atoms with Gasteiger partial charge < -0.3 is 9.84 Å². The van der Waals surface area contributed by atoms with Gasteiger partial charge in [0.1, 0.15) is 18.4 Å². The van der Waals surface area contributed by atoms with E-state index in [1.165, 1.54) is 6.33 Å². The highest BCUT2D eigenvalue weighted by atomic mass is 16.5. The van der Waals surface area contributed by atoms with E-state index in [4.69, 9.17) is 4.52 Å². The van der Waals surface area contributed by atoms with Crippen molar-refractivity contribution in [2.24, 2.45) is 5.92 Å². The lowest BCUT2D eigenvalue weighted by atomic mass is 10.1. The average molecular weight is 291 g/mol. The molecule has 1 unspecified atom stereocenters. The Morgan fingerprint density at radius 2 is 2.29 bits per heavy atom. The van der Waals surface area contributed by atoms with Crippen LogP contribution in [-0.2, 0) is 17.8 Å². The predicted octanol–water partition coefficient (Wildman–Crippen LogP) is 1.27. The van der Waals surface area contributed by atoms with Crippen LogP contribution >= 0.6 is 0 Å². The lowest BCUT2D eigenvalue weighted by molar-refractivity contribution is -0.124. The molecule has 7 heteroatoms. The first-order chi connectivity index (χ1) is 10.1. The molecule has 2 heterocycles. The van der Waals surface area contributed by atoms with Gasteiger partial charge in [-0.1, -0.05) is 12.1 Å². The van der Waals surface area contributed by atoms with Gasteiger partial charge in [0, 0.05) is 12.1 Å². The molecule has 0 aliphatic rings. The van der Waals surface area contributed by atoms with Crippen molar-refractivity contribution in [3.8, 4) is 0 Å². The summed E-state index contributed by atoms with van der Waals surface area (Å²) in [5.74, 6) is 0.758. The molecule has 2 aromatic heterocycles. The normalized spacial score (nSPS) is 12.3. The molecule has 114 valence electrons. The van der Waals surface area contributed by atoms with Crippen LogP contribution in [0.25, 0.3) is 0 Å². The van der Waals surface area contributed by atoms with Gasteiger partial charge in [0.15, 0.2) is 0 Å². The summed E-state index contributed by atoms with van der Waals surface area (Å²) in [5, 5.41) is 10.9. The molecular formula is C14H21N5O2. The van der Waals surface area contributed by atoms with Gasteiger partial charge in [-0.05, 0) is 26.7 Å². The monoisotopic (exact) mass is 291 g/mol. The first-order valence-electron chi connectivity index (χ1n) is 7.09. The SMILES string of the molecule is Cc1noc(C)c1CCCNC(=O)C(C)Cn1cncn1. The molecule has 1 amide bonds. The summed E-state index contributed by atoms with van der Waals surface area (Å²) in [6.07, 6.45) is 4.80. The Kier molecular flexibility index (Phi) is 5.08. The van der Waals surface area contributed by atoms with Gasteiger partial charge in [0.2, 0.25) is 5.91 Å². The molecule has 2 rings (SSSR count). The largest absolute Gasteiger partial charge is 0.361 e. The zero-order chi connectivity index (χ0) is 15.2. The molecule has 0 aliphatic heterocycles. The second-order valence-electron chi connectivity index (χ2n) is 5.22. The molecule has 0 radical (unpaired) electrons. The highest BCUT2D eigenvalue weighted by molar-refractivity contribution is 5.78. The van der Waals surface area contributed by atoms with E-state index < -0.39 is 0 Å². The minimum atomic E-state index is -0.134. The zero-order valence-corrected chi connectivity index (χ0v) is 12.7. The predicted molar refractivity (Wildman–Crippen MR) is 76.5 cm³/mol. The van der Waals surface area contributed by atoms with Gasteiger partial charge in [-0.2, -0.15) is 5.10 Å². The maximum Gasteiger partial charge on any atom is 0.224 e. The molecule has 0 bridgehead atoms. The van der Waals surface area contributed by atoms with E-state index in [2.05, 4.69) is 20.6 Å². The van der Waals surface area contributed by atoms with Gasteiger partial charge in [0.25, 0.3) is 0 Å². The summed E-state index contributed by atoms with van der Waals surface area (Å²) in [6.45, 7) is 6.91. The standard InChI is InChI=1S/C14H21N5O2/c1-10(7-19-9-15-8-17-19)14(20)16-6-4-5-13-11(2)18-21-12(13)3/h8-10H,4-7H2,1-3H3,(H,16,20). The Bertz CT molecular complexity index is 557. The fourth-order valence-corrected chi connectivity index (χ4v) is 2.20. The number of rotatable bonds is 7. The maximum absolute atomic E-state index is 12.0. The number of hydrogen-bond donors (Lipinski definition) is 1. The number of carbonyl (C=O) groups is 1. The molecule has 1 N–H and O–H groups in total.